The van der Waals surface area contributed by atoms with Crippen LogP contribution >= 0.6 is 0 Å². The van der Waals surface area contributed by atoms with Gasteiger partial charge in [-0.05, 0) is 56.3 Å². The number of hydrogen-bond acceptors (Lipinski definition) is 9. The van der Waals surface area contributed by atoms with Gasteiger partial charge in [-0.2, -0.15) is 15.0 Å². The molecule has 2 atom stereocenters. The van der Waals surface area contributed by atoms with Gasteiger partial charge in [-0.1, -0.05) is 0 Å². The summed E-state index contributed by atoms with van der Waals surface area (Å²) in [6, 6.07) is -0.780. The smallest absolute Gasteiger partial charge is 0.329 e. The number of rotatable bonds is 5. The van der Waals surface area contributed by atoms with E-state index in [1.54, 1.807) is 23.9 Å². The number of aliphatic hydroxyl groups is 1. The molecule has 4 bridgehead atoms. The topological polar surface area (TPSA) is 135 Å². The summed E-state index contributed by atoms with van der Waals surface area (Å²) in [5.74, 6) is 2.05. The molecule has 6 rings (SSSR count). The van der Waals surface area contributed by atoms with E-state index in [0.29, 0.717) is 23.7 Å². The maximum atomic E-state index is 13.7. The number of amides is 1. The van der Waals surface area contributed by atoms with Crippen molar-refractivity contribution in [2.45, 2.75) is 63.7 Å². The third-order valence-corrected chi connectivity index (χ3v) is 7.73. The van der Waals surface area contributed by atoms with Crippen LogP contribution in [0.15, 0.2) is 0 Å². The number of ether oxygens (including phenoxy) is 1. The number of hydrogen-bond donors (Lipinski definition) is 2. The van der Waals surface area contributed by atoms with Crippen LogP contribution < -0.4 is 10.6 Å². The Labute approximate surface area is 187 Å². The standard InChI is InChI=1S/C22H32N6O4/c1-27(2)21-25-17(24-20(23)26-21)11-32-18(30)16-6-15(29)10-28(16)19(31)22-7-12-3-13(8-22)5-14(4-12)9-22/h12-16,29H,3-11H2,1-2H3,(H2,23,24,25,26)/t12?,13?,14?,15?,16-,22?/m0/s1. The Balaban J connectivity index is 1.29. The quantitative estimate of drug-likeness (QED) is 0.630. The summed E-state index contributed by atoms with van der Waals surface area (Å²) in [6.45, 7) is 0.0161. The van der Waals surface area contributed by atoms with Crippen LogP contribution in [-0.4, -0.2) is 69.6 Å². The Kier molecular flexibility index (Phi) is 5.22. The number of aromatic nitrogens is 3. The first-order valence-electron chi connectivity index (χ1n) is 11.6. The molecule has 0 spiro atoms. The monoisotopic (exact) mass is 444 g/mol. The van der Waals surface area contributed by atoms with Crippen molar-refractivity contribution in [2.75, 3.05) is 31.3 Å². The molecular weight excluding hydrogens is 412 g/mol. The maximum Gasteiger partial charge on any atom is 0.329 e. The molecule has 32 heavy (non-hydrogen) atoms. The first kappa shape index (κ1) is 21.4. The average Bonchev–Trinajstić information content (AvgIpc) is 3.11. The van der Waals surface area contributed by atoms with E-state index in [0.717, 1.165) is 19.3 Å². The fraction of sp³-hybridized carbons (Fsp3) is 0.773. The van der Waals surface area contributed by atoms with Gasteiger partial charge in [-0.25, -0.2) is 4.79 Å². The Hall–Kier alpha value is -2.49. The van der Waals surface area contributed by atoms with Crippen LogP contribution in [0.25, 0.3) is 0 Å². The summed E-state index contributed by atoms with van der Waals surface area (Å²) >= 11 is 0. The molecule has 4 aliphatic carbocycles. The van der Waals surface area contributed by atoms with E-state index in [1.165, 1.54) is 19.3 Å². The summed E-state index contributed by atoms with van der Waals surface area (Å²) in [7, 11) is 3.55. The largest absolute Gasteiger partial charge is 0.456 e. The minimum atomic E-state index is -0.780. The number of likely N-dealkylation sites (tertiary alicyclic amines) is 1. The number of β-amino-alcohol motifs (C(OH)–C–C–N with tert-alkyl or cyclic N) is 1. The lowest BCUT2D eigenvalue weighted by atomic mass is 9.49. The van der Waals surface area contributed by atoms with Crippen molar-refractivity contribution >= 4 is 23.8 Å². The molecule has 2 heterocycles. The van der Waals surface area contributed by atoms with Crippen LogP contribution in [0.1, 0.15) is 50.8 Å². The molecule has 174 valence electrons. The number of nitrogen functional groups attached to an aromatic ring is 1. The zero-order valence-electron chi connectivity index (χ0n) is 18.7. The SMILES string of the molecule is CN(C)c1nc(N)nc(COC(=O)[C@@H]2CC(O)CN2C(=O)C23CC4CC(CC(C4)C2)C3)n1. The molecule has 1 aromatic rings. The summed E-state index contributed by atoms with van der Waals surface area (Å²) in [5, 5.41) is 10.3. The molecule has 5 fully saturated rings. The number of esters is 1. The van der Waals surface area contributed by atoms with E-state index in [9.17, 15) is 14.7 Å². The van der Waals surface area contributed by atoms with Crippen molar-refractivity contribution in [1.82, 2.24) is 19.9 Å². The number of nitrogens with two attached hydrogens (primary N) is 1. The van der Waals surface area contributed by atoms with Crippen LogP contribution in [0.5, 0.6) is 0 Å². The van der Waals surface area contributed by atoms with Crippen molar-refractivity contribution in [3.8, 4) is 0 Å². The number of anilines is 2. The molecule has 4 saturated carbocycles. The number of carbonyl (C=O) groups is 2. The molecular formula is C22H32N6O4. The van der Waals surface area contributed by atoms with Gasteiger partial charge in [0.05, 0.1) is 11.5 Å². The molecule has 1 unspecified atom stereocenters. The van der Waals surface area contributed by atoms with Crippen LogP contribution in [-0.2, 0) is 20.9 Å². The molecule has 3 N–H and O–H groups in total. The number of nitrogens with zero attached hydrogens (tertiary/aromatic N) is 5. The Bertz CT molecular complexity index is 886. The predicted molar refractivity (Wildman–Crippen MR) is 115 cm³/mol. The lowest BCUT2D eigenvalue weighted by molar-refractivity contribution is -0.166. The fourth-order valence-corrected chi connectivity index (χ4v) is 6.86. The number of carbonyl (C=O) groups excluding carboxylic acids is 2. The van der Waals surface area contributed by atoms with E-state index in [4.69, 9.17) is 10.5 Å². The van der Waals surface area contributed by atoms with Gasteiger partial charge < -0.3 is 25.4 Å². The molecule has 0 radical (unpaired) electrons. The van der Waals surface area contributed by atoms with Gasteiger partial charge in [0.25, 0.3) is 0 Å². The lowest BCUT2D eigenvalue weighted by Gasteiger charge is -2.56. The van der Waals surface area contributed by atoms with E-state index < -0.39 is 18.1 Å². The highest BCUT2D eigenvalue weighted by atomic mass is 16.5. The highest BCUT2D eigenvalue weighted by Gasteiger charge is 2.57. The highest BCUT2D eigenvalue weighted by molar-refractivity contribution is 5.89. The van der Waals surface area contributed by atoms with Gasteiger partial charge in [0.2, 0.25) is 17.8 Å². The van der Waals surface area contributed by atoms with Gasteiger partial charge in [-0.15, -0.1) is 0 Å². The number of aliphatic hydroxyl groups excluding tert-OH is 1. The molecule has 1 aliphatic heterocycles. The second kappa shape index (κ2) is 7.83. The van der Waals surface area contributed by atoms with Crippen LogP contribution in [0.3, 0.4) is 0 Å². The average molecular weight is 445 g/mol. The third kappa shape index (κ3) is 3.78. The molecule has 1 amide bonds. The summed E-state index contributed by atoms with van der Waals surface area (Å²) in [6.07, 6.45) is 5.95. The molecule has 1 aromatic heterocycles. The van der Waals surface area contributed by atoms with Crippen LogP contribution in [0.2, 0.25) is 0 Å². The predicted octanol–water partition coefficient (Wildman–Crippen LogP) is 0.741. The maximum absolute atomic E-state index is 13.7. The van der Waals surface area contributed by atoms with Crippen molar-refractivity contribution < 1.29 is 19.4 Å². The van der Waals surface area contributed by atoms with E-state index in [2.05, 4.69) is 15.0 Å². The lowest BCUT2D eigenvalue weighted by Crippen LogP contribution is -2.56. The zero-order chi connectivity index (χ0) is 22.6. The third-order valence-electron chi connectivity index (χ3n) is 7.73. The summed E-state index contributed by atoms with van der Waals surface area (Å²) in [4.78, 5) is 42.3. The zero-order valence-corrected chi connectivity index (χ0v) is 18.7. The van der Waals surface area contributed by atoms with Gasteiger partial charge in [0, 0.05) is 27.1 Å². The van der Waals surface area contributed by atoms with Crippen LogP contribution in [0.4, 0.5) is 11.9 Å². The van der Waals surface area contributed by atoms with Gasteiger partial charge in [0.1, 0.15) is 6.04 Å². The molecule has 10 nitrogen and oxygen atoms in total. The highest BCUT2D eigenvalue weighted by Crippen LogP contribution is 2.60. The van der Waals surface area contributed by atoms with Crippen molar-refractivity contribution in [1.29, 1.82) is 0 Å². The normalized spacial score (nSPS) is 35.2. The van der Waals surface area contributed by atoms with Crippen LogP contribution in [0, 0.1) is 23.2 Å². The van der Waals surface area contributed by atoms with Crippen molar-refractivity contribution in [3.63, 3.8) is 0 Å². The summed E-state index contributed by atoms with van der Waals surface area (Å²) in [5.41, 5.74) is 5.37. The molecule has 0 aromatic carbocycles. The Morgan fingerprint density at radius 2 is 1.72 bits per heavy atom. The first-order valence-corrected chi connectivity index (χ1v) is 11.6. The second-order valence-corrected chi connectivity index (χ2v) is 10.5. The second-order valence-electron chi connectivity index (χ2n) is 10.5. The van der Waals surface area contributed by atoms with Gasteiger partial charge in [0.15, 0.2) is 12.4 Å². The molecule has 10 heteroatoms. The minimum Gasteiger partial charge on any atom is -0.456 e. The van der Waals surface area contributed by atoms with Gasteiger partial charge >= 0.3 is 5.97 Å². The van der Waals surface area contributed by atoms with E-state index in [1.807, 2.05) is 0 Å². The molecule has 1 saturated heterocycles. The van der Waals surface area contributed by atoms with E-state index in [-0.39, 0.29) is 42.7 Å². The first-order chi connectivity index (χ1) is 15.2. The fourth-order valence-electron chi connectivity index (χ4n) is 6.86. The Morgan fingerprint density at radius 1 is 1.09 bits per heavy atom. The Morgan fingerprint density at radius 3 is 2.31 bits per heavy atom. The van der Waals surface area contributed by atoms with Crippen molar-refractivity contribution in [2.24, 2.45) is 23.2 Å². The summed E-state index contributed by atoms with van der Waals surface area (Å²) < 4.78 is 5.48. The minimum absolute atomic E-state index is 0.0365. The van der Waals surface area contributed by atoms with E-state index >= 15 is 0 Å². The molecule has 5 aliphatic rings. The van der Waals surface area contributed by atoms with Crippen molar-refractivity contribution in [3.05, 3.63) is 5.82 Å². The van der Waals surface area contributed by atoms with Gasteiger partial charge in [-0.3, -0.25) is 4.79 Å².